The van der Waals surface area contributed by atoms with E-state index in [9.17, 15) is 9.59 Å². The first-order valence-corrected chi connectivity index (χ1v) is 9.21. The van der Waals surface area contributed by atoms with Crippen LogP contribution in [-0.4, -0.2) is 49.6 Å². The molecular weight excluding hydrogens is 344 g/mol. The number of nitrogens with one attached hydrogen (secondary N) is 1. The number of benzene rings is 1. The lowest BCUT2D eigenvalue weighted by molar-refractivity contribution is -0.117. The largest absolute Gasteiger partial charge is 0.378 e. The molecule has 0 unspecified atom stereocenters. The number of anilines is 3. The highest BCUT2D eigenvalue weighted by Gasteiger charge is 2.22. The molecule has 1 aromatic heterocycles. The van der Waals surface area contributed by atoms with Crippen LogP contribution in [0.4, 0.5) is 17.2 Å². The zero-order valence-corrected chi connectivity index (χ0v) is 15.1. The minimum Gasteiger partial charge on any atom is -0.378 e. The van der Waals surface area contributed by atoms with Gasteiger partial charge in [-0.2, -0.15) is 0 Å². The Bertz CT molecular complexity index is 831. The minimum absolute atomic E-state index is 0.107. The third-order valence-electron chi connectivity index (χ3n) is 4.83. The van der Waals surface area contributed by atoms with Crippen molar-refractivity contribution in [1.82, 2.24) is 4.98 Å². The van der Waals surface area contributed by atoms with E-state index < -0.39 is 0 Å². The van der Waals surface area contributed by atoms with E-state index in [0.717, 1.165) is 31.0 Å². The van der Waals surface area contributed by atoms with Crippen LogP contribution in [0.15, 0.2) is 42.6 Å². The number of carbonyl (C=O) groups excluding carboxylic acids is 2. The van der Waals surface area contributed by atoms with E-state index in [-0.39, 0.29) is 11.8 Å². The van der Waals surface area contributed by atoms with E-state index in [0.29, 0.717) is 37.4 Å². The number of aromatic nitrogens is 1. The second kappa shape index (κ2) is 7.75. The maximum absolute atomic E-state index is 12.6. The SMILES string of the molecule is O=C(Nc1ccc(N2CCOCC2)nc1)c1cccc(N2CCCC2=O)c1. The van der Waals surface area contributed by atoms with Crippen molar-refractivity contribution >= 4 is 29.0 Å². The number of hydrogen-bond acceptors (Lipinski definition) is 5. The van der Waals surface area contributed by atoms with Crippen molar-refractivity contribution in [3.05, 3.63) is 48.2 Å². The van der Waals surface area contributed by atoms with Crippen LogP contribution in [0.3, 0.4) is 0 Å². The van der Waals surface area contributed by atoms with Crippen LogP contribution in [0.5, 0.6) is 0 Å². The van der Waals surface area contributed by atoms with Gasteiger partial charge in [0.2, 0.25) is 5.91 Å². The second-order valence-corrected chi connectivity index (χ2v) is 6.66. The lowest BCUT2D eigenvalue weighted by Gasteiger charge is -2.27. The summed E-state index contributed by atoms with van der Waals surface area (Å²) in [4.78, 5) is 32.8. The fourth-order valence-corrected chi connectivity index (χ4v) is 3.38. The molecule has 1 aromatic carbocycles. The van der Waals surface area contributed by atoms with Crippen LogP contribution in [0.25, 0.3) is 0 Å². The first kappa shape index (κ1) is 17.5. The molecule has 2 aromatic rings. The number of ether oxygens (including phenoxy) is 1. The van der Waals surface area contributed by atoms with Crippen molar-refractivity contribution < 1.29 is 14.3 Å². The van der Waals surface area contributed by atoms with Gasteiger partial charge in [-0.25, -0.2) is 4.98 Å². The molecule has 0 aliphatic carbocycles. The van der Waals surface area contributed by atoms with E-state index in [1.807, 2.05) is 18.2 Å². The molecular formula is C20H22N4O3. The Morgan fingerprint density at radius 3 is 2.67 bits per heavy atom. The van der Waals surface area contributed by atoms with Gasteiger partial charge in [0.25, 0.3) is 5.91 Å². The average Bonchev–Trinajstić information content (AvgIpc) is 3.15. The zero-order chi connectivity index (χ0) is 18.6. The molecule has 2 saturated heterocycles. The summed E-state index contributed by atoms with van der Waals surface area (Å²) in [6.45, 7) is 3.75. The molecule has 2 aliphatic heterocycles. The molecule has 0 atom stereocenters. The summed E-state index contributed by atoms with van der Waals surface area (Å²) in [5.74, 6) is 0.769. The third-order valence-corrected chi connectivity index (χ3v) is 4.83. The predicted molar refractivity (Wildman–Crippen MR) is 103 cm³/mol. The van der Waals surface area contributed by atoms with Crippen molar-refractivity contribution in [2.24, 2.45) is 0 Å². The van der Waals surface area contributed by atoms with Gasteiger partial charge in [0, 0.05) is 37.3 Å². The first-order valence-electron chi connectivity index (χ1n) is 9.21. The van der Waals surface area contributed by atoms with E-state index in [1.54, 1.807) is 29.3 Å². The van der Waals surface area contributed by atoms with Gasteiger partial charge in [-0.15, -0.1) is 0 Å². The monoisotopic (exact) mass is 366 g/mol. The van der Waals surface area contributed by atoms with Gasteiger partial charge in [0.05, 0.1) is 25.1 Å². The Hall–Kier alpha value is -2.93. The molecule has 0 bridgehead atoms. The zero-order valence-electron chi connectivity index (χ0n) is 15.1. The smallest absolute Gasteiger partial charge is 0.255 e. The summed E-state index contributed by atoms with van der Waals surface area (Å²) >= 11 is 0. The standard InChI is InChI=1S/C20H22N4O3/c25-19-5-2-8-24(19)17-4-1-3-15(13-17)20(26)22-16-6-7-18(21-14-16)23-9-11-27-12-10-23/h1,3-4,6-7,13-14H,2,5,8-12H2,(H,22,26). The van der Waals surface area contributed by atoms with Gasteiger partial charge in [-0.05, 0) is 36.8 Å². The number of hydrogen-bond donors (Lipinski definition) is 1. The number of amides is 2. The maximum Gasteiger partial charge on any atom is 0.255 e. The van der Waals surface area contributed by atoms with E-state index >= 15 is 0 Å². The van der Waals surface area contributed by atoms with Gasteiger partial charge in [0.1, 0.15) is 5.82 Å². The molecule has 0 saturated carbocycles. The van der Waals surface area contributed by atoms with Crippen LogP contribution >= 0.6 is 0 Å². The van der Waals surface area contributed by atoms with Gasteiger partial charge < -0.3 is 19.9 Å². The highest BCUT2D eigenvalue weighted by molar-refractivity contribution is 6.05. The molecule has 1 N–H and O–H groups in total. The van der Waals surface area contributed by atoms with E-state index in [1.165, 1.54) is 0 Å². The minimum atomic E-state index is -0.218. The number of morpholine rings is 1. The molecule has 7 heteroatoms. The van der Waals surface area contributed by atoms with Crippen molar-refractivity contribution in [2.45, 2.75) is 12.8 Å². The Balaban J connectivity index is 1.43. The highest BCUT2D eigenvalue weighted by atomic mass is 16.5. The molecule has 27 heavy (non-hydrogen) atoms. The van der Waals surface area contributed by atoms with Crippen LogP contribution in [0, 0.1) is 0 Å². The van der Waals surface area contributed by atoms with Crippen molar-refractivity contribution in [2.75, 3.05) is 48.0 Å². The van der Waals surface area contributed by atoms with Crippen LogP contribution in [-0.2, 0) is 9.53 Å². The summed E-state index contributed by atoms with van der Waals surface area (Å²) < 4.78 is 5.35. The van der Waals surface area contributed by atoms with Crippen molar-refractivity contribution in [3.8, 4) is 0 Å². The molecule has 3 heterocycles. The fraction of sp³-hybridized carbons (Fsp3) is 0.350. The Labute approximate surface area is 157 Å². The normalized spacial score (nSPS) is 17.3. The molecule has 2 fully saturated rings. The number of pyridine rings is 1. The van der Waals surface area contributed by atoms with Gasteiger partial charge in [0.15, 0.2) is 0 Å². The summed E-state index contributed by atoms with van der Waals surface area (Å²) in [7, 11) is 0. The molecule has 0 spiro atoms. The lowest BCUT2D eigenvalue weighted by Crippen LogP contribution is -2.36. The molecule has 140 valence electrons. The van der Waals surface area contributed by atoms with Crippen LogP contribution in [0.2, 0.25) is 0 Å². The van der Waals surface area contributed by atoms with Crippen molar-refractivity contribution in [1.29, 1.82) is 0 Å². The van der Waals surface area contributed by atoms with Gasteiger partial charge >= 0.3 is 0 Å². The molecule has 2 aliphatic rings. The summed E-state index contributed by atoms with van der Waals surface area (Å²) in [6, 6.07) is 10.9. The number of nitrogens with zero attached hydrogens (tertiary/aromatic N) is 3. The van der Waals surface area contributed by atoms with Crippen LogP contribution < -0.4 is 15.1 Å². The van der Waals surface area contributed by atoms with Crippen LogP contribution in [0.1, 0.15) is 23.2 Å². The van der Waals surface area contributed by atoms with Gasteiger partial charge in [-0.1, -0.05) is 6.07 Å². The highest BCUT2D eigenvalue weighted by Crippen LogP contribution is 2.23. The summed E-state index contributed by atoms with van der Waals surface area (Å²) in [5.41, 5.74) is 1.93. The Kier molecular flexibility index (Phi) is 5.02. The van der Waals surface area contributed by atoms with E-state index in [4.69, 9.17) is 4.74 Å². The van der Waals surface area contributed by atoms with E-state index in [2.05, 4.69) is 15.2 Å². The number of carbonyl (C=O) groups is 2. The third kappa shape index (κ3) is 3.93. The molecule has 0 radical (unpaired) electrons. The van der Waals surface area contributed by atoms with Crippen molar-refractivity contribution in [3.63, 3.8) is 0 Å². The topological polar surface area (TPSA) is 74.8 Å². The maximum atomic E-state index is 12.6. The number of rotatable bonds is 4. The first-order chi connectivity index (χ1) is 13.2. The Morgan fingerprint density at radius 1 is 1.11 bits per heavy atom. The molecule has 7 nitrogen and oxygen atoms in total. The quantitative estimate of drug-likeness (QED) is 0.899. The Morgan fingerprint density at radius 2 is 1.96 bits per heavy atom. The summed E-state index contributed by atoms with van der Waals surface area (Å²) in [6.07, 6.45) is 3.09. The predicted octanol–water partition coefficient (Wildman–Crippen LogP) is 2.30. The second-order valence-electron chi connectivity index (χ2n) is 6.66. The van der Waals surface area contributed by atoms with Gasteiger partial charge in [-0.3, -0.25) is 9.59 Å². The summed E-state index contributed by atoms with van der Waals surface area (Å²) in [5, 5.41) is 2.87. The average molecular weight is 366 g/mol. The lowest BCUT2D eigenvalue weighted by atomic mass is 10.1. The molecule has 2 amide bonds. The fourth-order valence-electron chi connectivity index (χ4n) is 3.38. The molecule has 4 rings (SSSR count).